The van der Waals surface area contributed by atoms with E-state index in [0.717, 1.165) is 0 Å². The Morgan fingerprint density at radius 1 is 1.62 bits per heavy atom. The number of aliphatic hydroxyl groups is 1. The van der Waals surface area contributed by atoms with Gasteiger partial charge in [-0.1, -0.05) is 13.0 Å². The van der Waals surface area contributed by atoms with Crippen LogP contribution in [0.3, 0.4) is 0 Å². The average Bonchev–Trinajstić information content (AvgIpc) is 2.11. The molecule has 0 aliphatic heterocycles. The third-order valence-corrected chi connectivity index (χ3v) is 1.74. The molecule has 0 fully saturated rings. The molecule has 0 saturated carbocycles. The van der Waals surface area contributed by atoms with Crippen LogP contribution in [0.25, 0.3) is 0 Å². The van der Waals surface area contributed by atoms with Gasteiger partial charge in [-0.25, -0.2) is 4.79 Å². The molecule has 1 atom stereocenters. The van der Waals surface area contributed by atoms with Gasteiger partial charge in [-0.15, -0.1) is 0 Å². The molecule has 0 aromatic heterocycles. The van der Waals surface area contributed by atoms with Crippen LogP contribution in [0, 0.1) is 0 Å². The molecule has 0 saturated heterocycles. The van der Waals surface area contributed by atoms with E-state index < -0.39 is 5.97 Å². The molecule has 0 spiro atoms. The van der Waals surface area contributed by atoms with E-state index in [1.54, 1.807) is 13.0 Å². The molecule has 3 N–H and O–H groups in total. The number of hydrogen-bond acceptors (Lipinski definition) is 3. The van der Waals surface area contributed by atoms with Gasteiger partial charge in [0.15, 0.2) is 0 Å². The molecule has 0 rings (SSSR count). The summed E-state index contributed by atoms with van der Waals surface area (Å²) in [6, 6.07) is 0. The van der Waals surface area contributed by atoms with Gasteiger partial charge in [0.1, 0.15) is 0 Å². The molecule has 0 bridgehead atoms. The first kappa shape index (κ1) is 12.1. The fraction of sp³-hybridized carbons (Fsp3) is 0.667. The van der Waals surface area contributed by atoms with Crippen molar-refractivity contribution in [3.05, 3.63) is 11.6 Å². The fourth-order valence-corrected chi connectivity index (χ4v) is 0.707. The minimum absolute atomic E-state index is 0.318. The van der Waals surface area contributed by atoms with Gasteiger partial charge < -0.3 is 15.5 Å². The van der Waals surface area contributed by atoms with Crippen molar-refractivity contribution in [3.8, 4) is 0 Å². The molecule has 4 nitrogen and oxygen atoms in total. The van der Waals surface area contributed by atoms with Crippen molar-refractivity contribution >= 4 is 5.97 Å². The number of rotatable bonds is 6. The maximum Gasteiger partial charge on any atom is 0.330 e. The molecule has 0 aliphatic carbocycles. The monoisotopic (exact) mass is 187 g/mol. The van der Waals surface area contributed by atoms with Crippen molar-refractivity contribution in [2.75, 3.05) is 13.1 Å². The second-order valence-corrected chi connectivity index (χ2v) is 2.91. The van der Waals surface area contributed by atoms with Gasteiger partial charge >= 0.3 is 5.97 Å². The van der Waals surface area contributed by atoms with Crippen LogP contribution in [0.2, 0.25) is 0 Å². The molecule has 76 valence electrons. The van der Waals surface area contributed by atoms with E-state index in [1.807, 2.05) is 6.92 Å². The number of aliphatic hydroxyl groups excluding tert-OH is 1. The summed E-state index contributed by atoms with van der Waals surface area (Å²) < 4.78 is 0. The molecule has 0 heterocycles. The highest BCUT2D eigenvalue weighted by molar-refractivity contribution is 5.85. The van der Waals surface area contributed by atoms with Gasteiger partial charge in [0.25, 0.3) is 0 Å². The minimum Gasteiger partial charge on any atom is -0.478 e. The molecule has 0 aromatic rings. The van der Waals surface area contributed by atoms with Crippen molar-refractivity contribution in [1.82, 2.24) is 5.32 Å². The maximum atomic E-state index is 10.3. The summed E-state index contributed by atoms with van der Waals surface area (Å²) >= 11 is 0. The van der Waals surface area contributed by atoms with Crippen molar-refractivity contribution in [3.63, 3.8) is 0 Å². The number of aliphatic carboxylic acids is 1. The summed E-state index contributed by atoms with van der Waals surface area (Å²) in [5, 5.41) is 20.6. The summed E-state index contributed by atoms with van der Waals surface area (Å²) in [6.07, 6.45) is 1.94. The van der Waals surface area contributed by atoms with E-state index in [9.17, 15) is 4.79 Å². The lowest BCUT2D eigenvalue weighted by Crippen LogP contribution is -2.26. The molecule has 1 unspecified atom stereocenters. The van der Waals surface area contributed by atoms with E-state index in [-0.39, 0.29) is 6.10 Å². The van der Waals surface area contributed by atoms with Crippen LogP contribution in [-0.4, -0.2) is 35.4 Å². The first-order valence-corrected chi connectivity index (χ1v) is 4.36. The quantitative estimate of drug-likeness (QED) is 0.415. The Morgan fingerprint density at radius 2 is 2.23 bits per heavy atom. The predicted molar refractivity (Wildman–Crippen MR) is 50.6 cm³/mol. The molecule has 13 heavy (non-hydrogen) atoms. The Hall–Kier alpha value is -0.870. The molecule has 0 radical (unpaired) electrons. The summed E-state index contributed by atoms with van der Waals surface area (Å²) in [5.41, 5.74) is 0.318. The second-order valence-electron chi connectivity index (χ2n) is 2.91. The summed E-state index contributed by atoms with van der Waals surface area (Å²) in [4.78, 5) is 10.3. The Bertz CT molecular complexity index is 189. The molecular weight excluding hydrogens is 170 g/mol. The average molecular weight is 187 g/mol. The molecule has 0 amide bonds. The van der Waals surface area contributed by atoms with Crippen LogP contribution in [0.1, 0.15) is 20.3 Å². The van der Waals surface area contributed by atoms with Crippen LogP contribution in [0.5, 0.6) is 0 Å². The molecule has 0 aromatic carbocycles. The lowest BCUT2D eigenvalue weighted by Gasteiger charge is -2.07. The van der Waals surface area contributed by atoms with Crippen LogP contribution >= 0.6 is 0 Å². The largest absolute Gasteiger partial charge is 0.478 e. The van der Waals surface area contributed by atoms with Crippen molar-refractivity contribution in [1.29, 1.82) is 0 Å². The summed E-state index contributed by atoms with van der Waals surface area (Å²) in [5.74, 6) is -0.905. The normalized spacial score (nSPS) is 14.2. The van der Waals surface area contributed by atoms with Crippen LogP contribution in [0.15, 0.2) is 11.6 Å². The molecular formula is C9H17NO3. The SMILES string of the molecule is CCC(O)CNC/C=C(/C)C(=O)O. The Morgan fingerprint density at radius 3 is 2.69 bits per heavy atom. The number of carboxylic acid groups (broad SMARTS) is 1. The number of carboxylic acids is 1. The van der Waals surface area contributed by atoms with Gasteiger partial charge in [0.2, 0.25) is 0 Å². The van der Waals surface area contributed by atoms with Crippen molar-refractivity contribution in [2.45, 2.75) is 26.4 Å². The minimum atomic E-state index is -0.905. The van der Waals surface area contributed by atoms with E-state index in [2.05, 4.69) is 5.32 Å². The first-order valence-electron chi connectivity index (χ1n) is 4.36. The molecule has 0 aliphatic rings. The maximum absolute atomic E-state index is 10.3. The van der Waals surface area contributed by atoms with E-state index in [0.29, 0.717) is 25.1 Å². The third-order valence-electron chi connectivity index (χ3n) is 1.74. The first-order chi connectivity index (χ1) is 6.07. The van der Waals surface area contributed by atoms with E-state index >= 15 is 0 Å². The van der Waals surface area contributed by atoms with E-state index in [1.165, 1.54) is 0 Å². The topological polar surface area (TPSA) is 69.6 Å². The van der Waals surface area contributed by atoms with Crippen LogP contribution < -0.4 is 5.32 Å². The fourth-order valence-electron chi connectivity index (χ4n) is 0.707. The second kappa shape index (κ2) is 6.62. The molecule has 4 heteroatoms. The van der Waals surface area contributed by atoms with Crippen LogP contribution in [-0.2, 0) is 4.79 Å². The zero-order valence-corrected chi connectivity index (χ0v) is 8.08. The van der Waals surface area contributed by atoms with Gasteiger partial charge in [0.05, 0.1) is 6.10 Å². The van der Waals surface area contributed by atoms with Crippen molar-refractivity contribution < 1.29 is 15.0 Å². The van der Waals surface area contributed by atoms with Crippen molar-refractivity contribution in [2.24, 2.45) is 0 Å². The highest BCUT2D eigenvalue weighted by atomic mass is 16.4. The van der Waals surface area contributed by atoms with E-state index in [4.69, 9.17) is 10.2 Å². The Kier molecular flexibility index (Phi) is 6.18. The van der Waals surface area contributed by atoms with Gasteiger partial charge in [-0.2, -0.15) is 0 Å². The highest BCUT2D eigenvalue weighted by Gasteiger charge is 1.99. The lowest BCUT2D eigenvalue weighted by molar-refractivity contribution is -0.132. The zero-order valence-electron chi connectivity index (χ0n) is 8.08. The van der Waals surface area contributed by atoms with Gasteiger partial charge in [0, 0.05) is 18.7 Å². The third kappa shape index (κ3) is 6.31. The Labute approximate surface area is 78.3 Å². The smallest absolute Gasteiger partial charge is 0.330 e. The van der Waals surface area contributed by atoms with Crippen LogP contribution in [0.4, 0.5) is 0 Å². The predicted octanol–water partition coefficient (Wildman–Crippen LogP) is 0.378. The summed E-state index contributed by atoms with van der Waals surface area (Å²) in [7, 11) is 0. The van der Waals surface area contributed by atoms with Gasteiger partial charge in [-0.05, 0) is 13.3 Å². The standard InChI is InChI=1S/C9H17NO3/c1-3-8(11)6-10-5-4-7(2)9(12)13/h4,8,10-11H,3,5-6H2,1-2H3,(H,12,13)/b7-4-. The number of carbonyl (C=O) groups is 1. The zero-order chi connectivity index (χ0) is 10.3. The lowest BCUT2D eigenvalue weighted by atomic mass is 10.2. The Balaban J connectivity index is 3.55. The summed E-state index contributed by atoms with van der Waals surface area (Å²) in [6.45, 7) is 4.42. The number of nitrogens with one attached hydrogen (secondary N) is 1. The number of hydrogen-bond donors (Lipinski definition) is 3. The highest BCUT2D eigenvalue weighted by Crippen LogP contribution is 1.90. The van der Waals surface area contributed by atoms with Gasteiger partial charge in [-0.3, -0.25) is 0 Å².